The van der Waals surface area contributed by atoms with Crippen LogP contribution in [0, 0.1) is 5.92 Å². The van der Waals surface area contributed by atoms with E-state index in [4.69, 9.17) is 5.11 Å². The van der Waals surface area contributed by atoms with E-state index in [1.165, 1.54) is 11.3 Å². The Balaban J connectivity index is 2.11. The van der Waals surface area contributed by atoms with Gasteiger partial charge in [0.25, 0.3) is 0 Å². The third kappa shape index (κ3) is 1.65. The highest BCUT2D eigenvalue weighted by molar-refractivity contribution is 7.14. The first kappa shape index (κ1) is 8.50. The second-order valence-corrected chi connectivity index (χ2v) is 4.15. The van der Waals surface area contributed by atoms with Gasteiger partial charge in [-0.15, -0.1) is 11.3 Å². The fraction of sp³-hybridized carbons (Fsp3) is 0.500. The van der Waals surface area contributed by atoms with Crippen molar-refractivity contribution in [3.63, 3.8) is 0 Å². The van der Waals surface area contributed by atoms with Gasteiger partial charge in [0.1, 0.15) is 5.00 Å². The van der Waals surface area contributed by atoms with Crippen LogP contribution in [0.5, 0.6) is 0 Å². The first-order valence-corrected chi connectivity index (χ1v) is 4.99. The van der Waals surface area contributed by atoms with Crippen molar-refractivity contribution in [1.82, 2.24) is 4.98 Å². The van der Waals surface area contributed by atoms with Crippen LogP contribution in [0.25, 0.3) is 0 Å². The molecule has 0 spiro atoms. The lowest BCUT2D eigenvalue weighted by atomic mass is 10.4. The molecule has 0 amide bonds. The first-order chi connectivity index (χ1) is 6.18. The molecule has 0 radical (unpaired) electrons. The fourth-order valence-electron chi connectivity index (χ4n) is 1.19. The third-order valence-corrected chi connectivity index (χ3v) is 2.95. The van der Waals surface area contributed by atoms with Crippen LogP contribution in [0.3, 0.4) is 0 Å². The number of carboxylic acid groups (broad SMARTS) is 1. The summed E-state index contributed by atoms with van der Waals surface area (Å²) >= 11 is 1.35. The second kappa shape index (κ2) is 2.99. The summed E-state index contributed by atoms with van der Waals surface area (Å²) < 4.78 is 0. The third-order valence-electron chi connectivity index (χ3n) is 2.20. The van der Waals surface area contributed by atoms with Crippen molar-refractivity contribution in [3.8, 4) is 0 Å². The van der Waals surface area contributed by atoms with Gasteiger partial charge in [-0.25, -0.2) is 9.78 Å². The van der Waals surface area contributed by atoms with Crippen LogP contribution in [0.2, 0.25) is 0 Å². The Morgan fingerprint density at radius 2 is 2.54 bits per heavy atom. The zero-order valence-electron chi connectivity index (χ0n) is 7.15. The van der Waals surface area contributed by atoms with E-state index in [0.717, 1.165) is 6.42 Å². The number of rotatable bonds is 3. The lowest BCUT2D eigenvalue weighted by molar-refractivity contribution is 0.0692. The number of thiazole rings is 1. The highest BCUT2D eigenvalue weighted by Gasteiger charge is 2.33. The van der Waals surface area contributed by atoms with Gasteiger partial charge in [0.05, 0.1) is 5.51 Å². The summed E-state index contributed by atoms with van der Waals surface area (Å²) in [5, 5.41) is 12.6. The van der Waals surface area contributed by atoms with Crippen molar-refractivity contribution in [2.45, 2.75) is 19.4 Å². The lowest BCUT2D eigenvalue weighted by Gasteiger charge is -2.01. The molecule has 4 nitrogen and oxygen atoms in total. The Labute approximate surface area is 79.6 Å². The molecule has 70 valence electrons. The van der Waals surface area contributed by atoms with Crippen molar-refractivity contribution in [3.05, 3.63) is 11.2 Å². The molecule has 1 fully saturated rings. The smallest absolute Gasteiger partial charge is 0.357 e. The van der Waals surface area contributed by atoms with Crippen molar-refractivity contribution in [2.24, 2.45) is 5.92 Å². The lowest BCUT2D eigenvalue weighted by Crippen LogP contribution is -2.07. The van der Waals surface area contributed by atoms with Gasteiger partial charge in [-0.05, 0) is 12.3 Å². The Kier molecular flexibility index (Phi) is 1.95. The molecule has 1 aliphatic rings. The molecule has 0 bridgehead atoms. The number of anilines is 1. The number of nitrogens with zero attached hydrogens (tertiary/aromatic N) is 1. The molecule has 1 heterocycles. The van der Waals surface area contributed by atoms with E-state index in [1.54, 1.807) is 5.51 Å². The number of hydrogen-bond donors (Lipinski definition) is 2. The molecule has 2 N–H and O–H groups in total. The molecule has 0 saturated heterocycles. The number of nitrogens with one attached hydrogen (secondary N) is 1. The van der Waals surface area contributed by atoms with Crippen LogP contribution < -0.4 is 5.32 Å². The van der Waals surface area contributed by atoms with Crippen LogP contribution in [0.1, 0.15) is 23.8 Å². The molecule has 2 rings (SSSR count). The summed E-state index contributed by atoms with van der Waals surface area (Å²) in [6.45, 7) is 2.14. The van der Waals surface area contributed by atoms with E-state index in [-0.39, 0.29) is 5.69 Å². The second-order valence-electron chi connectivity index (χ2n) is 3.30. The average Bonchev–Trinajstić information content (AvgIpc) is 2.62. The summed E-state index contributed by atoms with van der Waals surface area (Å²) in [4.78, 5) is 14.4. The van der Waals surface area contributed by atoms with E-state index in [2.05, 4.69) is 17.2 Å². The van der Waals surface area contributed by atoms with Gasteiger partial charge in [-0.1, -0.05) is 6.92 Å². The predicted molar refractivity (Wildman–Crippen MR) is 50.3 cm³/mol. The molecule has 2 unspecified atom stereocenters. The largest absolute Gasteiger partial charge is 0.476 e. The molecule has 1 saturated carbocycles. The number of carboxylic acids is 1. The maximum Gasteiger partial charge on any atom is 0.357 e. The summed E-state index contributed by atoms with van der Waals surface area (Å²) in [5.41, 5.74) is 1.70. The quantitative estimate of drug-likeness (QED) is 0.775. The van der Waals surface area contributed by atoms with Gasteiger partial charge in [-0.2, -0.15) is 0 Å². The van der Waals surface area contributed by atoms with Gasteiger partial charge in [0, 0.05) is 6.04 Å². The molecular weight excluding hydrogens is 188 g/mol. The highest BCUT2D eigenvalue weighted by Crippen LogP contribution is 2.34. The highest BCUT2D eigenvalue weighted by atomic mass is 32.1. The molecule has 1 aliphatic carbocycles. The Morgan fingerprint density at radius 1 is 1.85 bits per heavy atom. The van der Waals surface area contributed by atoms with E-state index in [9.17, 15) is 4.79 Å². The maximum atomic E-state index is 10.7. The van der Waals surface area contributed by atoms with Crippen LogP contribution in [0.15, 0.2) is 5.51 Å². The summed E-state index contributed by atoms with van der Waals surface area (Å²) in [7, 11) is 0. The van der Waals surface area contributed by atoms with Crippen molar-refractivity contribution in [2.75, 3.05) is 5.32 Å². The monoisotopic (exact) mass is 198 g/mol. The topological polar surface area (TPSA) is 62.2 Å². The van der Waals surface area contributed by atoms with Crippen molar-refractivity contribution in [1.29, 1.82) is 0 Å². The summed E-state index contributed by atoms with van der Waals surface area (Å²) in [6.07, 6.45) is 1.12. The zero-order valence-corrected chi connectivity index (χ0v) is 7.97. The van der Waals surface area contributed by atoms with Crippen LogP contribution in [-0.2, 0) is 0 Å². The number of hydrogen-bond acceptors (Lipinski definition) is 4. The standard InChI is InChI=1S/C8H10N2O2S/c1-4-2-5(4)10-7-6(8(11)12)9-3-13-7/h3-5,10H,2H2,1H3,(H,11,12). The van der Waals surface area contributed by atoms with Gasteiger partial charge in [0.15, 0.2) is 5.69 Å². The normalized spacial score (nSPS) is 25.6. The SMILES string of the molecule is CC1CC1Nc1scnc1C(=O)O. The van der Waals surface area contributed by atoms with Crippen molar-refractivity contribution < 1.29 is 9.90 Å². The van der Waals surface area contributed by atoms with Crippen LogP contribution >= 0.6 is 11.3 Å². The van der Waals surface area contributed by atoms with Crippen molar-refractivity contribution >= 4 is 22.3 Å². The predicted octanol–water partition coefficient (Wildman–Crippen LogP) is 1.66. The van der Waals surface area contributed by atoms with E-state index >= 15 is 0 Å². The number of aromatic nitrogens is 1. The van der Waals surface area contributed by atoms with Gasteiger partial charge >= 0.3 is 5.97 Å². The number of carbonyl (C=O) groups is 1. The minimum Gasteiger partial charge on any atom is -0.476 e. The Hall–Kier alpha value is -1.10. The minimum absolute atomic E-state index is 0.143. The van der Waals surface area contributed by atoms with Crippen LogP contribution in [0.4, 0.5) is 5.00 Å². The fourth-order valence-corrected chi connectivity index (χ4v) is 1.93. The molecular formula is C8H10N2O2S. The molecule has 1 aromatic rings. The van der Waals surface area contributed by atoms with Gasteiger partial charge in [0.2, 0.25) is 0 Å². The molecule has 13 heavy (non-hydrogen) atoms. The number of aromatic carboxylic acids is 1. The Morgan fingerprint density at radius 3 is 3.08 bits per heavy atom. The molecule has 0 aromatic carbocycles. The molecule has 2 atom stereocenters. The van der Waals surface area contributed by atoms with E-state index < -0.39 is 5.97 Å². The van der Waals surface area contributed by atoms with E-state index in [0.29, 0.717) is 17.0 Å². The maximum absolute atomic E-state index is 10.7. The minimum atomic E-state index is -0.961. The Bertz CT molecular complexity index is 337. The summed E-state index contributed by atoms with van der Waals surface area (Å²) in [6, 6.07) is 0.443. The van der Waals surface area contributed by atoms with E-state index in [1.807, 2.05) is 0 Å². The van der Waals surface area contributed by atoms with Gasteiger partial charge < -0.3 is 10.4 Å². The molecule has 0 aliphatic heterocycles. The summed E-state index contributed by atoms with van der Waals surface area (Å²) in [5.74, 6) is -0.305. The first-order valence-electron chi connectivity index (χ1n) is 4.12. The van der Waals surface area contributed by atoms with Gasteiger partial charge in [-0.3, -0.25) is 0 Å². The molecule has 5 heteroatoms. The molecule has 1 aromatic heterocycles. The average molecular weight is 198 g/mol. The zero-order chi connectivity index (χ0) is 9.42. The van der Waals surface area contributed by atoms with Crippen LogP contribution in [-0.4, -0.2) is 22.1 Å².